The van der Waals surface area contributed by atoms with Crippen molar-refractivity contribution in [2.24, 2.45) is 0 Å². The summed E-state index contributed by atoms with van der Waals surface area (Å²) in [6, 6.07) is 5.06. The SMILES string of the molecule is CCN(CC)C(=O)CN1C(=O)COc2cc(N)ccc21. The van der Waals surface area contributed by atoms with E-state index in [-0.39, 0.29) is 25.0 Å². The van der Waals surface area contributed by atoms with Gasteiger partial charge in [0.15, 0.2) is 6.61 Å². The number of nitrogens with zero attached hydrogens (tertiary/aromatic N) is 2. The molecule has 2 amide bonds. The van der Waals surface area contributed by atoms with Crippen LogP contribution in [0.15, 0.2) is 18.2 Å². The molecular weight excluding hydrogens is 258 g/mol. The third kappa shape index (κ3) is 2.68. The Morgan fingerprint density at radius 1 is 1.40 bits per heavy atom. The van der Waals surface area contributed by atoms with Crippen LogP contribution in [0.4, 0.5) is 11.4 Å². The first-order valence-electron chi connectivity index (χ1n) is 6.67. The standard InChI is InChI=1S/C14H19N3O3/c1-3-16(4-2)13(18)8-17-11-6-5-10(15)7-12(11)20-9-14(17)19/h5-7H,3-4,8-9,15H2,1-2H3. The number of likely N-dealkylation sites (N-methyl/N-ethyl adjacent to an activating group) is 1. The number of rotatable bonds is 4. The zero-order valence-electron chi connectivity index (χ0n) is 11.8. The zero-order chi connectivity index (χ0) is 14.7. The highest BCUT2D eigenvalue weighted by molar-refractivity contribution is 6.02. The normalized spacial score (nSPS) is 13.7. The molecule has 0 unspecified atom stereocenters. The van der Waals surface area contributed by atoms with E-state index >= 15 is 0 Å². The van der Waals surface area contributed by atoms with Gasteiger partial charge in [0.05, 0.1) is 5.69 Å². The van der Waals surface area contributed by atoms with Gasteiger partial charge in [0.25, 0.3) is 5.91 Å². The number of amides is 2. The van der Waals surface area contributed by atoms with Crippen LogP contribution in [0.5, 0.6) is 5.75 Å². The van der Waals surface area contributed by atoms with E-state index < -0.39 is 0 Å². The Hall–Kier alpha value is -2.24. The van der Waals surface area contributed by atoms with E-state index in [1.165, 1.54) is 4.90 Å². The number of ether oxygens (including phenoxy) is 1. The van der Waals surface area contributed by atoms with Crippen LogP contribution >= 0.6 is 0 Å². The largest absolute Gasteiger partial charge is 0.481 e. The highest BCUT2D eigenvalue weighted by Gasteiger charge is 2.28. The van der Waals surface area contributed by atoms with Crippen LogP contribution in [0.25, 0.3) is 0 Å². The third-order valence-corrected chi connectivity index (χ3v) is 3.34. The summed E-state index contributed by atoms with van der Waals surface area (Å²) in [7, 11) is 0. The molecule has 108 valence electrons. The molecule has 0 fully saturated rings. The Kier molecular flexibility index (Phi) is 4.12. The van der Waals surface area contributed by atoms with E-state index in [9.17, 15) is 9.59 Å². The summed E-state index contributed by atoms with van der Waals surface area (Å²) in [6.07, 6.45) is 0. The maximum atomic E-state index is 12.2. The van der Waals surface area contributed by atoms with Crippen LogP contribution in [0.2, 0.25) is 0 Å². The van der Waals surface area contributed by atoms with Crippen LogP contribution in [0, 0.1) is 0 Å². The van der Waals surface area contributed by atoms with Crippen molar-refractivity contribution < 1.29 is 14.3 Å². The Morgan fingerprint density at radius 3 is 2.75 bits per heavy atom. The molecule has 1 aliphatic heterocycles. The second kappa shape index (κ2) is 5.81. The zero-order valence-corrected chi connectivity index (χ0v) is 11.8. The molecule has 0 saturated heterocycles. The predicted molar refractivity (Wildman–Crippen MR) is 76.6 cm³/mol. The molecule has 0 spiro atoms. The first-order chi connectivity index (χ1) is 9.56. The van der Waals surface area contributed by atoms with E-state index in [0.717, 1.165) is 0 Å². The fourth-order valence-corrected chi connectivity index (χ4v) is 2.21. The molecular formula is C14H19N3O3. The monoisotopic (exact) mass is 277 g/mol. The second-order valence-electron chi connectivity index (χ2n) is 4.56. The van der Waals surface area contributed by atoms with Crippen molar-refractivity contribution in [2.75, 3.05) is 36.9 Å². The molecule has 0 saturated carbocycles. The number of hydrogen-bond donors (Lipinski definition) is 1. The molecule has 1 aromatic rings. The van der Waals surface area contributed by atoms with E-state index in [2.05, 4.69) is 0 Å². The van der Waals surface area contributed by atoms with Crippen molar-refractivity contribution in [1.29, 1.82) is 0 Å². The van der Waals surface area contributed by atoms with Gasteiger partial charge in [0.1, 0.15) is 12.3 Å². The summed E-state index contributed by atoms with van der Waals surface area (Å²) in [5, 5.41) is 0. The lowest BCUT2D eigenvalue weighted by atomic mass is 10.2. The summed E-state index contributed by atoms with van der Waals surface area (Å²) in [5.41, 5.74) is 6.85. The van der Waals surface area contributed by atoms with Crippen molar-refractivity contribution >= 4 is 23.2 Å². The molecule has 0 aliphatic carbocycles. The lowest BCUT2D eigenvalue weighted by Crippen LogP contribution is -2.46. The molecule has 20 heavy (non-hydrogen) atoms. The number of anilines is 2. The van der Waals surface area contributed by atoms with Gasteiger partial charge in [-0.2, -0.15) is 0 Å². The Morgan fingerprint density at radius 2 is 2.10 bits per heavy atom. The first-order valence-corrected chi connectivity index (χ1v) is 6.67. The van der Waals surface area contributed by atoms with Gasteiger partial charge in [-0.25, -0.2) is 0 Å². The lowest BCUT2D eigenvalue weighted by Gasteiger charge is -2.30. The molecule has 6 heteroatoms. The van der Waals surface area contributed by atoms with E-state index in [1.807, 2.05) is 13.8 Å². The van der Waals surface area contributed by atoms with Crippen LogP contribution < -0.4 is 15.4 Å². The topological polar surface area (TPSA) is 75.9 Å². The maximum absolute atomic E-state index is 12.2. The van der Waals surface area contributed by atoms with Crippen molar-refractivity contribution in [1.82, 2.24) is 4.90 Å². The molecule has 0 bridgehead atoms. The van der Waals surface area contributed by atoms with E-state index in [0.29, 0.717) is 30.2 Å². The molecule has 1 aromatic carbocycles. The number of nitrogens with two attached hydrogens (primary N) is 1. The predicted octanol–water partition coefficient (Wildman–Crippen LogP) is 0.863. The fraction of sp³-hybridized carbons (Fsp3) is 0.429. The van der Waals surface area contributed by atoms with Crippen molar-refractivity contribution in [3.05, 3.63) is 18.2 Å². The van der Waals surface area contributed by atoms with Gasteiger partial charge in [-0.1, -0.05) is 0 Å². The number of carbonyl (C=O) groups excluding carboxylic acids is 2. The second-order valence-corrected chi connectivity index (χ2v) is 4.56. The summed E-state index contributed by atoms with van der Waals surface area (Å²) in [5.74, 6) is 0.243. The minimum atomic E-state index is -0.220. The van der Waals surface area contributed by atoms with Crippen LogP contribution in [0.3, 0.4) is 0 Å². The quantitative estimate of drug-likeness (QED) is 0.828. The lowest BCUT2D eigenvalue weighted by molar-refractivity contribution is -0.131. The van der Waals surface area contributed by atoms with Crippen molar-refractivity contribution in [3.8, 4) is 5.75 Å². The smallest absolute Gasteiger partial charge is 0.265 e. The van der Waals surface area contributed by atoms with Crippen LogP contribution in [-0.4, -0.2) is 43.0 Å². The number of fused-ring (bicyclic) bond motifs is 1. The Labute approximate surface area is 118 Å². The van der Waals surface area contributed by atoms with Gasteiger partial charge >= 0.3 is 0 Å². The van der Waals surface area contributed by atoms with E-state index in [4.69, 9.17) is 10.5 Å². The Balaban J connectivity index is 2.24. The average Bonchev–Trinajstić information content (AvgIpc) is 2.43. The number of benzene rings is 1. The molecule has 0 radical (unpaired) electrons. The minimum absolute atomic E-state index is 0.0286. The Bertz CT molecular complexity index is 526. The van der Waals surface area contributed by atoms with Gasteiger partial charge < -0.3 is 15.4 Å². The molecule has 0 aromatic heterocycles. The highest BCUT2D eigenvalue weighted by atomic mass is 16.5. The van der Waals surface area contributed by atoms with Gasteiger partial charge in [-0.15, -0.1) is 0 Å². The van der Waals surface area contributed by atoms with Gasteiger partial charge in [-0.05, 0) is 26.0 Å². The summed E-state index contributed by atoms with van der Waals surface area (Å²) in [6.45, 7) is 5.04. The van der Waals surface area contributed by atoms with Gasteiger partial charge in [0.2, 0.25) is 5.91 Å². The van der Waals surface area contributed by atoms with Crippen molar-refractivity contribution in [3.63, 3.8) is 0 Å². The highest BCUT2D eigenvalue weighted by Crippen LogP contribution is 2.33. The fourth-order valence-electron chi connectivity index (χ4n) is 2.21. The number of nitrogen functional groups attached to an aromatic ring is 1. The molecule has 1 heterocycles. The maximum Gasteiger partial charge on any atom is 0.265 e. The summed E-state index contributed by atoms with van der Waals surface area (Å²) < 4.78 is 5.35. The molecule has 2 N–H and O–H groups in total. The van der Waals surface area contributed by atoms with Crippen LogP contribution in [0.1, 0.15) is 13.8 Å². The molecule has 6 nitrogen and oxygen atoms in total. The summed E-state index contributed by atoms with van der Waals surface area (Å²) >= 11 is 0. The van der Waals surface area contributed by atoms with E-state index in [1.54, 1.807) is 23.1 Å². The summed E-state index contributed by atoms with van der Waals surface area (Å²) in [4.78, 5) is 27.3. The molecule has 0 atom stereocenters. The molecule has 2 rings (SSSR count). The average molecular weight is 277 g/mol. The number of carbonyl (C=O) groups is 2. The van der Waals surface area contributed by atoms with Gasteiger partial charge in [0, 0.05) is 24.8 Å². The molecule has 1 aliphatic rings. The minimum Gasteiger partial charge on any atom is -0.481 e. The first kappa shape index (κ1) is 14.2. The number of hydrogen-bond acceptors (Lipinski definition) is 4. The third-order valence-electron chi connectivity index (χ3n) is 3.34. The van der Waals surface area contributed by atoms with Crippen molar-refractivity contribution in [2.45, 2.75) is 13.8 Å². The van der Waals surface area contributed by atoms with Gasteiger partial charge in [-0.3, -0.25) is 14.5 Å². The van der Waals surface area contributed by atoms with Crippen LogP contribution in [-0.2, 0) is 9.59 Å².